The van der Waals surface area contributed by atoms with Crippen LogP contribution in [-0.4, -0.2) is 38.3 Å². The molecular formula is C22H17N3O7. The van der Waals surface area contributed by atoms with Crippen molar-refractivity contribution in [3.8, 4) is 17.2 Å². The third-order valence-electron chi connectivity index (χ3n) is 4.63. The van der Waals surface area contributed by atoms with Crippen LogP contribution in [0.4, 0.5) is 0 Å². The SMILES string of the molecule is O=C(O)CNC(=O)c1c(O)c2ccccc2n(OCc2ccc(-c3ncco3)cc2)c1=O. The van der Waals surface area contributed by atoms with E-state index in [9.17, 15) is 19.5 Å². The van der Waals surface area contributed by atoms with Crippen molar-refractivity contribution in [1.82, 2.24) is 15.0 Å². The summed E-state index contributed by atoms with van der Waals surface area (Å²) in [5, 5.41) is 21.6. The molecule has 0 fully saturated rings. The minimum absolute atomic E-state index is 0.0171. The number of nitrogens with zero attached hydrogens (tertiary/aromatic N) is 2. The summed E-state index contributed by atoms with van der Waals surface area (Å²) < 4.78 is 6.16. The molecule has 0 aliphatic heterocycles. The van der Waals surface area contributed by atoms with E-state index in [1.54, 1.807) is 48.7 Å². The maximum absolute atomic E-state index is 13.0. The van der Waals surface area contributed by atoms with Crippen molar-refractivity contribution in [2.24, 2.45) is 0 Å². The van der Waals surface area contributed by atoms with Crippen molar-refractivity contribution in [3.63, 3.8) is 0 Å². The number of carboxylic acid groups (broad SMARTS) is 1. The summed E-state index contributed by atoms with van der Waals surface area (Å²) in [6, 6.07) is 13.5. The van der Waals surface area contributed by atoms with E-state index in [2.05, 4.69) is 10.3 Å². The van der Waals surface area contributed by atoms with Crippen LogP contribution < -0.4 is 15.7 Å². The van der Waals surface area contributed by atoms with Crippen LogP contribution in [0.5, 0.6) is 5.75 Å². The molecule has 0 radical (unpaired) electrons. The van der Waals surface area contributed by atoms with E-state index in [1.807, 2.05) is 0 Å². The van der Waals surface area contributed by atoms with E-state index >= 15 is 0 Å². The van der Waals surface area contributed by atoms with E-state index in [1.165, 1.54) is 12.3 Å². The summed E-state index contributed by atoms with van der Waals surface area (Å²) in [6.45, 7) is -0.723. The maximum atomic E-state index is 13.0. The number of hydrogen-bond acceptors (Lipinski definition) is 7. The van der Waals surface area contributed by atoms with Crippen LogP contribution in [0.15, 0.2) is 70.2 Å². The van der Waals surface area contributed by atoms with Gasteiger partial charge in [-0.1, -0.05) is 24.3 Å². The number of rotatable bonds is 7. The highest BCUT2D eigenvalue weighted by Gasteiger charge is 2.23. The predicted octanol–water partition coefficient (Wildman–Crippen LogP) is 1.81. The van der Waals surface area contributed by atoms with Gasteiger partial charge in [0.05, 0.1) is 11.7 Å². The third kappa shape index (κ3) is 4.01. The second-order valence-electron chi connectivity index (χ2n) is 6.72. The van der Waals surface area contributed by atoms with Crippen LogP contribution in [0.2, 0.25) is 0 Å². The van der Waals surface area contributed by atoms with Gasteiger partial charge in [0, 0.05) is 10.9 Å². The van der Waals surface area contributed by atoms with Crippen LogP contribution >= 0.6 is 0 Å². The Hall–Kier alpha value is -4.60. The Balaban J connectivity index is 1.66. The lowest BCUT2D eigenvalue weighted by molar-refractivity contribution is -0.135. The number of nitrogens with one attached hydrogen (secondary N) is 1. The average Bonchev–Trinajstić information content (AvgIpc) is 3.33. The normalized spacial score (nSPS) is 10.8. The van der Waals surface area contributed by atoms with E-state index in [-0.39, 0.29) is 17.5 Å². The van der Waals surface area contributed by atoms with E-state index in [0.717, 1.165) is 15.9 Å². The molecule has 0 aliphatic rings. The number of oxazole rings is 1. The number of carbonyl (C=O) groups excluding carboxylic acids is 1. The van der Waals surface area contributed by atoms with Crippen LogP contribution in [0.3, 0.4) is 0 Å². The zero-order chi connectivity index (χ0) is 22.7. The zero-order valence-electron chi connectivity index (χ0n) is 16.5. The zero-order valence-corrected chi connectivity index (χ0v) is 16.5. The molecule has 4 rings (SSSR count). The Kier molecular flexibility index (Phi) is 5.58. The topological polar surface area (TPSA) is 144 Å². The highest BCUT2D eigenvalue weighted by atomic mass is 16.7. The second kappa shape index (κ2) is 8.64. The van der Waals surface area contributed by atoms with Crippen LogP contribution in [0, 0.1) is 0 Å². The first-order valence-electron chi connectivity index (χ1n) is 9.44. The molecule has 3 N–H and O–H groups in total. The number of carbonyl (C=O) groups is 2. The van der Waals surface area contributed by atoms with Crippen molar-refractivity contribution in [1.29, 1.82) is 0 Å². The Morgan fingerprint density at radius 1 is 1.12 bits per heavy atom. The minimum Gasteiger partial charge on any atom is -0.506 e. The van der Waals surface area contributed by atoms with Crippen LogP contribution in [0.1, 0.15) is 15.9 Å². The quantitative estimate of drug-likeness (QED) is 0.399. The summed E-state index contributed by atoms with van der Waals surface area (Å²) in [7, 11) is 0. The molecule has 0 bridgehead atoms. The lowest BCUT2D eigenvalue weighted by Crippen LogP contribution is -2.37. The van der Waals surface area contributed by atoms with Gasteiger partial charge in [-0.3, -0.25) is 14.4 Å². The molecule has 2 aromatic heterocycles. The lowest BCUT2D eigenvalue weighted by atomic mass is 10.1. The summed E-state index contributed by atoms with van der Waals surface area (Å²) in [5.41, 5.74) is 0.218. The summed E-state index contributed by atoms with van der Waals surface area (Å²) in [6.07, 6.45) is 3.01. The molecule has 0 atom stereocenters. The van der Waals surface area contributed by atoms with Gasteiger partial charge in [-0.2, -0.15) is 0 Å². The van der Waals surface area contributed by atoms with Crippen LogP contribution in [-0.2, 0) is 11.4 Å². The molecule has 0 spiro atoms. The summed E-state index contributed by atoms with van der Waals surface area (Å²) in [4.78, 5) is 45.9. The molecule has 0 saturated carbocycles. The molecule has 162 valence electrons. The van der Waals surface area contributed by atoms with Crippen molar-refractivity contribution >= 4 is 22.8 Å². The fourth-order valence-corrected chi connectivity index (χ4v) is 3.12. The molecule has 4 aromatic rings. The number of aromatic hydroxyl groups is 1. The molecule has 10 heteroatoms. The maximum Gasteiger partial charge on any atom is 0.322 e. The first-order chi connectivity index (χ1) is 15.5. The molecular weight excluding hydrogens is 418 g/mol. The fraction of sp³-hybridized carbons (Fsp3) is 0.0909. The molecule has 2 heterocycles. The highest BCUT2D eigenvalue weighted by Crippen LogP contribution is 2.26. The van der Waals surface area contributed by atoms with Gasteiger partial charge in [0.15, 0.2) is 5.56 Å². The smallest absolute Gasteiger partial charge is 0.322 e. The molecule has 2 aromatic carbocycles. The number of para-hydroxylation sites is 1. The Labute approximate surface area is 180 Å². The first kappa shape index (κ1) is 20.7. The van der Waals surface area contributed by atoms with Gasteiger partial charge in [-0.15, -0.1) is 4.73 Å². The number of pyridine rings is 1. The predicted molar refractivity (Wildman–Crippen MR) is 112 cm³/mol. The average molecular weight is 435 g/mol. The van der Waals surface area contributed by atoms with Crippen molar-refractivity contribution in [2.45, 2.75) is 6.61 Å². The Morgan fingerprint density at radius 3 is 2.56 bits per heavy atom. The largest absolute Gasteiger partial charge is 0.506 e. The summed E-state index contributed by atoms with van der Waals surface area (Å²) in [5.74, 6) is -2.39. The third-order valence-corrected chi connectivity index (χ3v) is 4.63. The van der Waals surface area contributed by atoms with Crippen molar-refractivity contribution in [3.05, 3.63) is 82.5 Å². The standard InChI is InChI=1S/C22H17N3O7/c26-17(27)11-24-20(29)18-19(28)15-3-1-2-4-16(15)25(22(18)30)32-12-13-5-7-14(8-6-13)21-23-9-10-31-21/h1-10,28H,11-12H2,(H,24,29)(H,26,27). The highest BCUT2D eigenvalue weighted by molar-refractivity contribution is 6.03. The molecule has 0 saturated heterocycles. The van der Waals surface area contributed by atoms with Gasteiger partial charge in [-0.25, -0.2) is 4.98 Å². The van der Waals surface area contributed by atoms with E-state index < -0.39 is 35.3 Å². The van der Waals surface area contributed by atoms with Crippen molar-refractivity contribution < 1.29 is 29.1 Å². The van der Waals surface area contributed by atoms with E-state index in [4.69, 9.17) is 14.4 Å². The Bertz CT molecular complexity index is 1340. The van der Waals surface area contributed by atoms with Gasteiger partial charge in [0.25, 0.3) is 11.5 Å². The van der Waals surface area contributed by atoms with Gasteiger partial charge in [0.1, 0.15) is 25.2 Å². The monoisotopic (exact) mass is 435 g/mol. The van der Waals surface area contributed by atoms with Crippen molar-refractivity contribution in [2.75, 3.05) is 6.54 Å². The molecule has 1 amide bonds. The number of benzene rings is 2. The van der Waals surface area contributed by atoms with Gasteiger partial charge in [-0.05, 0) is 29.8 Å². The number of carboxylic acids is 1. The van der Waals surface area contributed by atoms with Gasteiger partial charge in [0.2, 0.25) is 5.89 Å². The number of fused-ring (bicyclic) bond motifs is 1. The first-order valence-corrected chi connectivity index (χ1v) is 9.44. The van der Waals surface area contributed by atoms with Gasteiger partial charge >= 0.3 is 5.97 Å². The molecule has 32 heavy (non-hydrogen) atoms. The lowest BCUT2D eigenvalue weighted by Gasteiger charge is -2.15. The molecule has 10 nitrogen and oxygen atoms in total. The van der Waals surface area contributed by atoms with Crippen LogP contribution in [0.25, 0.3) is 22.4 Å². The number of hydrogen-bond donors (Lipinski definition) is 3. The number of aliphatic carboxylic acids is 1. The Morgan fingerprint density at radius 2 is 1.88 bits per heavy atom. The fourth-order valence-electron chi connectivity index (χ4n) is 3.12. The van der Waals surface area contributed by atoms with E-state index in [0.29, 0.717) is 5.89 Å². The van der Waals surface area contributed by atoms with Gasteiger partial charge < -0.3 is 24.8 Å². The number of amides is 1. The molecule has 0 aliphatic carbocycles. The molecule has 0 unspecified atom stereocenters. The minimum atomic E-state index is -1.29. The summed E-state index contributed by atoms with van der Waals surface area (Å²) >= 11 is 0. The second-order valence-corrected chi connectivity index (χ2v) is 6.72. The number of aromatic nitrogens is 2.